The first-order valence-electron chi connectivity index (χ1n) is 5.87. The third-order valence-corrected chi connectivity index (χ3v) is 3.57. The van der Waals surface area contributed by atoms with Crippen LogP contribution in [0.5, 0.6) is 0 Å². The summed E-state index contributed by atoms with van der Waals surface area (Å²) in [4.78, 5) is 13.5. The first kappa shape index (κ1) is 13.0. The van der Waals surface area contributed by atoms with Gasteiger partial charge in [0.1, 0.15) is 11.6 Å². The van der Waals surface area contributed by atoms with Crippen LogP contribution in [0, 0.1) is 17.6 Å². The first-order chi connectivity index (χ1) is 8.33. The van der Waals surface area contributed by atoms with Gasteiger partial charge in [-0.05, 0) is 18.1 Å². The number of carbonyl (C=O) groups excluding carboxylic acids is 1. The van der Waals surface area contributed by atoms with Gasteiger partial charge in [-0.3, -0.25) is 4.79 Å². The summed E-state index contributed by atoms with van der Waals surface area (Å²) in [6.07, 6.45) is 0. The van der Waals surface area contributed by atoms with E-state index in [4.69, 9.17) is 5.73 Å². The number of likely N-dealkylation sites (tertiary alicyclic amines) is 1. The molecule has 1 fully saturated rings. The fourth-order valence-corrected chi connectivity index (χ4v) is 2.01. The lowest BCUT2D eigenvalue weighted by Gasteiger charge is -2.50. The second-order valence-corrected chi connectivity index (χ2v) is 5.17. The predicted octanol–water partition coefficient (Wildman–Crippen LogP) is 1.77. The summed E-state index contributed by atoms with van der Waals surface area (Å²) in [7, 11) is 0. The van der Waals surface area contributed by atoms with Gasteiger partial charge in [-0.15, -0.1) is 0 Å². The molecule has 5 heteroatoms. The van der Waals surface area contributed by atoms with Crippen molar-refractivity contribution in [2.24, 2.45) is 11.7 Å². The summed E-state index contributed by atoms with van der Waals surface area (Å²) in [6, 6.07) is 2.96. The zero-order valence-corrected chi connectivity index (χ0v) is 10.4. The fraction of sp³-hybridized carbons (Fsp3) is 0.462. The molecule has 1 aromatic carbocycles. The maximum atomic E-state index is 13.5. The molecular weight excluding hydrogens is 238 g/mol. The Balaban J connectivity index is 2.11. The molecule has 0 spiro atoms. The highest BCUT2D eigenvalue weighted by Gasteiger charge is 2.44. The average molecular weight is 254 g/mol. The molecule has 1 aliphatic heterocycles. The highest BCUT2D eigenvalue weighted by atomic mass is 19.1. The Morgan fingerprint density at radius 2 is 2.00 bits per heavy atom. The third-order valence-electron chi connectivity index (χ3n) is 3.57. The molecule has 1 aromatic rings. The van der Waals surface area contributed by atoms with E-state index in [0.717, 1.165) is 6.07 Å². The van der Waals surface area contributed by atoms with Gasteiger partial charge in [-0.1, -0.05) is 13.8 Å². The van der Waals surface area contributed by atoms with E-state index in [1.165, 1.54) is 11.0 Å². The second kappa shape index (κ2) is 4.31. The number of carbonyl (C=O) groups is 1. The Labute approximate surface area is 105 Å². The third kappa shape index (κ3) is 2.10. The van der Waals surface area contributed by atoms with Gasteiger partial charge in [0.2, 0.25) is 0 Å². The monoisotopic (exact) mass is 254 g/mol. The van der Waals surface area contributed by atoms with Crippen molar-refractivity contribution in [3.63, 3.8) is 0 Å². The summed E-state index contributed by atoms with van der Waals surface area (Å²) in [5, 5.41) is 0. The topological polar surface area (TPSA) is 46.3 Å². The number of hydrogen-bond donors (Lipinski definition) is 1. The van der Waals surface area contributed by atoms with Crippen molar-refractivity contribution in [1.29, 1.82) is 0 Å². The molecule has 0 aromatic heterocycles. The van der Waals surface area contributed by atoms with Crippen molar-refractivity contribution in [2.45, 2.75) is 19.4 Å². The molecule has 0 unspecified atom stereocenters. The molecule has 0 saturated carbocycles. The first-order valence-corrected chi connectivity index (χ1v) is 5.87. The summed E-state index contributed by atoms with van der Waals surface area (Å²) in [6.45, 7) is 4.78. The van der Waals surface area contributed by atoms with Gasteiger partial charge in [0.05, 0.1) is 11.1 Å². The Bertz CT molecular complexity index is 482. The Kier molecular flexibility index (Phi) is 3.11. The van der Waals surface area contributed by atoms with E-state index in [2.05, 4.69) is 0 Å². The van der Waals surface area contributed by atoms with Gasteiger partial charge < -0.3 is 10.6 Å². The molecule has 0 atom stereocenters. The molecule has 1 saturated heterocycles. The molecule has 98 valence electrons. The van der Waals surface area contributed by atoms with Crippen molar-refractivity contribution in [1.82, 2.24) is 4.90 Å². The van der Waals surface area contributed by atoms with E-state index < -0.39 is 23.1 Å². The van der Waals surface area contributed by atoms with Crippen LogP contribution in [0.4, 0.5) is 8.78 Å². The number of nitrogens with zero attached hydrogens (tertiary/aromatic N) is 1. The van der Waals surface area contributed by atoms with Gasteiger partial charge in [0.15, 0.2) is 0 Å². The minimum absolute atomic E-state index is 0.109. The molecule has 0 bridgehead atoms. The predicted molar refractivity (Wildman–Crippen MR) is 64.0 cm³/mol. The van der Waals surface area contributed by atoms with Gasteiger partial charge >= 0.3 is 0 Å². The Hall–Kier alpha value is -1.49. The number of nitrogens with two attached hydrogens (primary N) is 1. The van der Waals surface area contributed by atoms with Crippen LogP contribution >= 0.6 is 0 Å². The summed E-state index contributed by atoms with van der Waals surface area (Å²) in [5.41, 5.74) is 5.56. The lowest BCUT2D eigenvalue weighted by atomic mass is 9.80. The van der Waals surface area contributed by atoms with E-state index in [9.17, 15) is 13.6 Å². The zero-order chi connectivity index (χ0) is 13.5. The zero-order valence-electron chi connectivity index (χ0n) is 10.4. The maximum absolute atomic E-state index is 13.5. The molecule has 0 radical (unpaired) electrons. The van der Waals surface area contributed by atoms with E-state index >= 15 is 0 Å². The average Bonchev–Trinajstić information content (AvgIpc) is 2.23. The van der Waals surface area contributed by atoms with Crippen molar-refractivity contribution < 1.29 is 13.6 Å². The van der Waals surface area contributed by atoms with E-state index in [-0.39, 0.29) is 11.5 Å². The normalized spacial score (nSPS) is 17.8. The molecule has 0 aliphatic carbocycles. The van der Waals surface area contributed by atoms with Gasteiger partial charge in [-0.25, -0.2) is 8.78 Å². The fourth-order valence-electron chi connectivity index (χ4n) is 2.01. The highest BCUT2D eigenvalue weighted by molar-refractivity contribution is 5.95. The van der Waals surface area contributed by atoms with Crippen LogP contribution in [-0.2, 0) is 0 Å². The highest BCUT2D eigenvalue weighted by Crippen LogP contribution is 2.28. The van der Waals surface area contributed by atoms with Gasteiger partial charge in [-0.2, -0.15) is 0 Å². The van der Waals surface area contributed by atoms with E-state index in [1.807, 2.05) is 13.8 Å². The minimum atomic E-state index is -0.834. The number of halogens is 2. The quantitative estimate of drug-likeness (QED) is 0.874. The maximum Gasteiger partial charge on any atom is 0.256 e. The molecular formula is C13H16F2N2O. The number of benzene rings is 1. The summed E-state index contributed by atoms with van der Waals surface area (Å²) in [5.74, 6) is -1.71. The van der Waals surface area contributed by atoms with Crippen LogP contribution in [0.2, 0.25) is 0 Å². The van der Waals surface area contributed by atoms with E-state index in [0.29, 0.717) is 19.2 Å². The summed E-state index contributed by atoms with van der Waals surface area (Å²) < 4.78 is 26.2. The van der Waals surface area contributed by atoms with Crippen LogP contribution in [0.15, 0.2) is 18.2 Å². The smallest absolute Gasteiger partial charge is 0.256 e. The van der Waals surface area contributed by atoms with Crippen LogP contribution in [0.1, 0.15) is 24.2 Å². The summed E-state index contributed by atoms with van der Waals surface area (Å²) >= 11 is 0. The van der Waals surface area contributed by atoms with Crippen LogP contribution in [0.3, 0.4) is 0 Å². The van der Waals surface area contributed by atoms with Crippen LogP contribution < -0.4 is 5.73 Å². The second-order valence-electron chi connectivity index (χ2n) is 5.17. The van der Waals surface area contributed by atoms with Crippen LogP contribution in [0.25, 0.3) is 0 Å². The Morgan fingerprint density at radius 1 is 1.39 bits per heavy atom. The molecule has 1 heterocycles. The van der Waals surface area contributed by atoms with Crippen molar-refractivity contribution >= 4 is 5.91 Å². The molecule has 2 N–H and O–H groups in total. The molecule has 2 rings (SSSR count). The molecule has 18 heavy (non-hydrogen) atoms. The standard InChI is InChI=1S/C13H16F2N2O/c1-8(2)13(16)6-17(7-13)12(18)10-4-3-9(14)5-11(10)15/h3-5,8H,6-7,16H2,1-2H3. The lowest BCUT2D eigenvalue weighted by molar-refractivity contribution is 0.0271. The molecule has 3 nitrogen and oxygen atoms in total. The van der Waals surface area contributed by atoms with Crippen molar-refractivity contribution in [3.05, 3.63) is 35.4 Å². The SMILES string of the molecule is CC(C)C1(N)CN(C(=O)c2ccc(F)cc2F)C1. The molecule has 1 aliphatic rings. The molecule has 1 amide bonds. The minimum Gasteiger partial charge on any atom is -0.335 e. The Morgan fingerprint density at radius 3 is 2.50 bits per heavy atom. The number of rotatable bonds is 2. The lowest BCUT2D eigenvalue weighted by Crippen LogP contribution is -2.71. The number of amides is 1. The van der Waals surface area contributed by atoms with E-state index in [1.54, 1.807) is 0 Å². The van der Waals surface area contributed by atoms with Crippen LogP contribution in [-0.4, -0.2) is 29.4 Å². The number of hydrogen-bond acceptors (Lipinski definition) is 2. The van der Waals surface area contributed by atoms with Gasteiger partial charge in [0.25, 0.3) is 5.91 Å². The largest absolute Gasteiger partial charge is 0.335 e. The van der Waals surface area contributed by atoms with Crippen molar-refractivity contribution in [3.8, 4) is 0 Å². The van der Waals surface area contributed by atoms with Crippen molar-refractivity contribution in [2.75, 3.05) is 13.1 Å². The van der Waals surface area contributed by atoms with Gasteiger partial charge in [0, 0.05) is 19.2 Å².